The van der Waals surface area contributed by atoms with Crippen LogP contribution in [0.25, 0.3) is 0 Å². The molecular formula is C26H36FN5O5. The molecule has 37 heavy (non-hydrogen) atoms. The lowest BCUT2D eigenvalue weighted by molar-refractivity contribution is 0.0280. The summed E-state index contributed by atoms with van der Waals surface area (Å²) in [6, 6.07) is 3.79. The second kappa shape index (κ2) is 12.2. The third-order valence-electron chi connectivity index (χ3n) is 5.59. The summed E-state index contributed by atoms with van der Waals surface area (Å²) in [5, 5.41) is 2.73. The van der Waals surface area contributed by atoms with E-state index in [-0.39, 0.29) is 35.9 Å². The van der Waals surface area contributed by atoms with Crippen LogP contribution in [-0.4, -0.2) is 77.4 Å². The molecule has 202 valence electrons. The maximum absolute atomic E-state index is 14.1. The fourth-order valence-electron chi connectivity index (χ4n) is 3.94. The monoisotopic (exact) mass is 517 g/mol. The van der Waals surface area contributed by atoms with Gasteiger partial charge in [-0.2, -0.15) is 0 Å². The van der Waals surface area contributed by atoms with Gasteiger partial charge in [-0.05, 0) is 59.7 Å². The Balaban J connectivity index is 1.78. The topological polar surface area (TPSA) is 106 Å². The second-order valence-electron chi connectivity index (χ2n) is 9.96. The van der Waals surface area contributed by atoms with Crippen molar-refractivity contribution in [3.8, 4) is 11.5 Å². The van der Waals surface area contributed by atoms with E-state index < -0.39 is 17.5 Å². The molecule has 2 heterocycles. The van der Waals surface area contributed by atoms with E-state index >= 15 is 0 Å². The number of rotatable bonds is 8. The first-order valence-corrected chi connectivity index (χ1v) is 12.4. The Morgan fingerprint density at radius 2 is 2.05 bits per heavy atom. The number of halogens is 1. The maximum Gasteiger partial charge on any atom is 0.407 e. The maximum atomic E-state index is 14.1. The van der Waals surface area contributed by atoms with Crippen LogP contribution in [0.3, 0.4) is 0 Å². The van der Waals surface area contributed by atoms with Crippen LogP contribution in [0.15, 0.2) is 30.7 Å². The van der Waals surface area contributed by atoms with E-state index in [0.29, 0.717) is 37.8 Å². The van der Waals surface area contributed by atoms with Crippen LogP contribution in [0.4, 0.5) is 15.0 Å². The van der Waals surface area contributed by atoms with Gasteiger partial charge < -0.3 is 29.3 Å². The number of amides is 2. The zero-order valence-electron chi connectivity index (χ0n) is 22.3. The van der Waals surface area contributed by atoms with Gasteiger partial charge in [-0.25, -0.2) is 19.2 Å². The molecule has 10 nitrogen and oxygen atoms in total. The highest BCUT2D eigenvalue weighted by Gasteiger charge is 2.27. The zero-order chi connectivity index (χ0) is 27.2. The third-order valence-corrected chi connectivity index (χ3v) is 5.59. The number of aromatic nitrogens is 2. The van der Waals surface area contributed by atoms with E-state index in [0.717, 1.165) is 0 Å². The summed E-state index contributed by atoms with van der Waals surface area (Å²) in [7, 11) is 0. The van der Waals surface area contributed by atoms with Crippen molar-refractivity contribution in [2.45, 2.75) is 59.3 Å². The first kappa shape index (κ1) is 28.1. The zero-order valence-corrected chi connectivity index (χ0v) is 22.3. The molecular weight excluding hydrogens is 481 g/mol. The average Bonchev–Trinajstić information content (AvgIpc) is 2.83. The number of carbonyl (C=O) groups is 2. The molecule has 3 rings (SSSR count). The Kier molecular flexibility index (Phi) is 9.25. The normalized spacial score (nSPS) is 15.9. The summed E-state index contributed by atoms with van der Waals surface area (Å²) in [6.07, 6.45) is 2.08. The van der Waals surface area contributed by atoms with Gasteiger partial charge >= 0.3 is 6.09 Å². The molecule has 1 aromatic carbocycles. The van der Waals surface area contributed by atoms with Gasteiger partial charge in [0.25, 0.3) is 5.91 Å². The first-order valence-electron chi connectivity index (χ1n) is 12.4. The molecule has 0 aliphatic carbocycles. The number of carbonyl (C=O) groups excluding carboxylic acids is 2. The standard InChI is InChI=1S/C26H36FN5O5/c1-7-32(17(2)3)24(33)20-12-18(27)8-9-21(20)36-22-14-28-16-30-23(22)31-10-11-35-19(15-31)13-29-25(34)37-26(4,5)6/h8-9,12,14,16-17,19H,7,10-11,13,15H2,1-6H3,(H,29,34)/t19-/m0/s1. The number of hydrogen-bond donors (Lipinski definition) is 1. The van der Waals surface area contributed by atoms with Crippen LogP contribution in [0.2, 0.25) is 0 Å². The quantitative estimate of drug-likeness (QED) is 0.560. The summed E-state index contributed by atoms with van der Waals surface area (Å²) in [5.74, 6) is 0.160. The lowest BCUT2D eigenvalue weighted by Gasteiger charge is -2.34. The summed E-state index contributed by atoms with van der Waals surface area (Å²) in [5.41, 5.74) is -0.479. The summed E-state index contributed by atoms with van der Waals surface area (Å²) in [4.78, 5) is 37.3. The Hall–Kier alpha value is -3.47. The van der Waals surface area contributed by atoms with E-state index in [1.165, 1.54) is 30.7 Å². The molecule has 0 saturated carbocycles. The summed E-state index contributed by atoms with van der Waals surface area (Å²) < 4.78 is 31.3. The fraction of sp³-hybridized carbons (Fsp3) is 0.538. The number of alkyl carbamates (subject to hydrolysis) is 1. The number of ether oxygens (including phenoxy) is 3. The van der Waals surface area contributed by atoms with Crippen LogP contribution >= 0.6 is 0 Å². The molecule has 0 unspecified atom stereocenters. The van der Waals surface area contributed by atoms with Gasteiger partial charge in [0.2, 0.25) is 0 Å². The molecule has 1 N–H and O–H groups in total. The smallest absolute Gasteiger partial charge is 0.407 e. The molecule has 1 aliphatic heterocycles. The minimum absolute atomic E-state index is 0.0659. The number of hydrogen-bond acceptors (Lipinski definition) is 8. The average molecular weight is 518 g/mol. The molecule has 1 fully saturated rings. The van der Waals surface area contributed by atoms with E-state index in [2.05, 4.69) is 15.3 Å². The molecule has 1 aromatic heterocycles. The predicted octanol–water partition coefficient (Wildman–Crippen LogP) is 4.01. The van der Waals surface area contributed by atoms with Crippen LogP contribution in [0.5, 0.6) is 11.5 Å². The van der Waals surface area contributed by atoms with Gasteiger partial charge in [-0.15, -0.1) is 0 Å². The number of anilines is 1. The van der Waals surface area contributed by atoms with Crippen molar-refractivity contribution in [3.63, 3.8) is 0 Å². The van der Waals surface area contributed by atoms with E-state index in [9.17, 15) is 14.0 Å². The van der Waals surface area contributed by atoms with Gasteiger partial charge in [0.05, 0.1) is 24.5 Å². The van der Waals surface area contributed by atoms with Crippen LogP contribution < -0.4 is 15.0 Å². The second-order valence-corrected chi connectivity index (χ2v) is 9.96. The fourth-order valence-corrected chi connectivity index (χ4v) is 3.94. The Labute approximate surface area is 217 Å². The highest BCUT2D eigenvalue weighted by molar-refractivity contribution is 5.97. The Morgan fingerprint density at radius 3 is 2.73 bits per heavy atom. The third kappa shape index (κ3) is 7.75. The largest absolute Gasteiger partial charge is 0.451 e. The highest BCUT2D eigenvalue weighted by atomic mass is 19.1. The summed E-state index contributed by atoms with van der Waals surface area (Å²) >= 11 is 0. The first-order chi connectivity index (χ1) is 17.5. The van der Waals surface area contributed by atoms with Crippen molar-refractivity contribution >= 4 is 17.8 Å². The molecule has 0 bridgehead atoms. The van der Waals surface area contributed by atoms with Crippen LogP contribution in [-0.2, 0) is 9.47 Å². The van der Waals surface area contributed by atoms with E-state index in [1.54, 1.807) is 25.7 Å². The molecule has 1 saturated heterocycles. The highest BCUT2D eigenvalue weighted by Crippen LogP contribution is 2.33. The van der Waals surface area contributed by atoms with Gasteiger partial charge in [0, 0.05) is 32.2 Å². The SMILES string of the molecule is CCN(C(=O)c1cc(F)ccc1Oc1cncnc1N1CCO[C@@H](CNC(=O)OC(C)(C)C)C1)C(C)C. The molecule has 11 heteroatoms. The molecule has 0 spiro atoms. The predicted molar refractivity (Wildman–Crippen MR) is 137 cm³/mol. The van der Waals surface area contributed by atoms with Gasteiger partial charge in [-0.3, -0.25) is 4.79 Å². The molecule has 1 aliphatic rings. The van der Waals surface area contributed by atoms with Gasteiger partial charge in [0.1, 0.15) is 23.5 Å². The van der Waals surface area contributed by atoms with Crippen molar-refractivity contribution in [1.82, 2.24) is 20.2 Å². The Morgan fingerprint density at radius 1 is 1.30 bits per heavy atom. The van der Waals surface area contributed by atoms with Gasteiger partial charge in [-0.1, -0.05) is 0 Å². The molecule has 2 aromatic rings. The van der Waals surface area contributed by atoms with Crippen LogP contribution in [0.1, 0.15) is 51.9 Å². The number of nitrogens with one attached hydrogen (secondary N) is 1. The molecule has 2 amide bonds. The minimum Gasteiger partial charge on any atom is -0.451 e. The minimum atomic E-state index is -0.597. The van der Waals surface area contributed by atoms with Crippen molar-refractivity contribution in [2.24, 2.45) is 0 Å². The summed E-state index contributed by atoms with van der Waals surface area (Å²) in [6.45, 7) is 13.1. The molecule has 0 radical (unpaired) electrons. The van der Waals surface area contributed by atoms with Crippen molar-refractivity contribution < 1.29 is 28.2 Å². The van der Waals surface area contributed by atoms with Crippen molar-refractivity contribution in [2.75, 3.05) is 37.7 Å². The van der Waals surface area contributed by atoms with Gasteiger partial charge in [0.15, 0.2) is 11.6 Å². The lowest BCUT2D eigenvalue weighted by Crippen LogP contribution is -2.48. The van der Waals surface area contributed by atoms with E-state index in [4.69, 9.17) is 14.2 Å². The Bertz CT molecular complexity index is 1090. The molecule has 1 atom stereocenters. The number of nitrogens with zero attached hydrogens (tertiary/aromatic N) is 4. The van der Waals surface area contributed by atoms with E-state index in [1.807, 2.05) is 25.7 Å². The number of morpholine rings is 1. The van der Waals surface area contributed by atoms with Crippen molar-refractivity contribution in [3.05, 3.63) is 42.1 Å². The lowest BCUT2D eigenvalue weighted by atomic mass is 10.1. The van der Waals surface area contributed by atoms with Crippen molar-refractivity contribution in [1.29, 1.82) is 0 Å². The number of benzene rings is 1. The van der Waals surface area contributed by atoms with Crippen LogP contribution in [0, 0.1) is 5.82 Å².